The average Bonchev–Trinajstić information content (AvgIpc) is 2.85. The van der Waals surface area contributed by atoms with Gasteiger partial charge in [-0.15, -0.1) is 0 Å². The molecule has 94 valence electrons. The second-order valence-corrected chi connectivity index (χ2v) is 5.08. The number of hydrogen-bond acceptors (Lipinski definition) is 2. The van der Waals surface area contributed by atoms with E-state index in [1.807, 2.05) is 24.3 Å². The topological polar surface area (TPSA) is 29.5 Å². The van der Waals surface area contributed by atoms with Crippen molar-refractivity contribution in [2.75, 3.05) is 13.2 Å². The Bertz CT molecular complexity index is 331. The number of rotatable bonds is 5. The van der Waals surface area contributed by atoms with Gasteiger partial charge >= 0.3 is 0 Å². The first-order valence-corrected chi connectivity index (χ1v) is 6.65. The van der Waals surface area contributed by atoms with Gasteiger partial charge in [0.1, 0.15) is 0 Å². The van der Waals surface area contributed by atoms with Crippen LogP contribution in [0.4, 0.5) is 0 Å². The van der Waals surface area contributed by atoms with Gasteiger partial charge < -0.3 is 9.84 Å². The van der Waals surface area contributed by atoms with Gasteiger partial charge in [0.2, 0.25) is 0 Å². The maximum absolute atomic E-state index is 9.45. The van der Waals surface area contributed by atoms with Gasteiger partial charge in [0.25, 0.3) is 0 Å². The van der Waals surface area contributed by atoms with Crippen LogP contribution in [-0.4, -0.2) is 24.4 Å². The zero-order chi connectivity index (χ0) is 12.1. The third-order valence-electron chi connectivity index (χ3n) is 3.42. The van der Waals surface area contributed by atoms with E-state index in [1.54, 1.807) is 0 Å². The molecule has 1 aromatic carbocycles. The van der Waals surface area contributed by atoms with E-state index in [9.17, 15) is 5.11 Å². The van der Waals surface area contributed by atoms with Crippen molar-refractivity contribution in [3.8, 4) is 0 Å². The summed E-state index contributed by atoms with van der Waals surface area (Å²) in [5, 5.41) is 10.2. The molecule has 17 heavy (non-hydrogen) atoms. The fraction of sp³-hybridized carbons (Fsp3) is 0.571. The first kappa shape index (κ1) is 12.9. The fourth-order valence-electron chi connectivity index (χ4n) is 2.36. The lowest BCUT2D eigenvalue weighted by Crippen LogP contribution is -2.10. The maximum atomic E-state index is 9.45. The van der Waals surface area contributed by atoms with E-state index < -0.39 is 0 Å². The van der Waals surface area contributed by atoms with Crippen molar-refractivity contribution in [1.29, 1.82) is 0 Å². The van der Waals surface area contributed by atoms with Gasteiger partial charge in [-0.2, -0.15) is 0 Å². The highest BCUT2D eigenvalue weighted by molar-refractivity contribution is 6.30. The molecule has 1 N–H and O–H groups in total. The lowest BCUT2D eigenvalue weighted by atomic mass is 9.93. The highest BCUT2D eigenvalue weighted by atomic mass is 35.5. The van der Waals surface area contributed by atoms with Crippen LogP contribution in [0.3, 0.4) is 0 Å². The summed E-state index contributed by atoms with van der Waals surface area (Å²) in [5.74, 6) is 0.205. The molecule has 1 aliphatic rings. The zero-order valence-corrected chi connectivity index (χ0v) is 10.7. The molecule has 3 heteroatoms. The SMILES string of the molecule is OCC(CCC1CCCO1)c1ccc(Cl)cc1. The quantitative estimate of drug-likeness (QED) is 0.873. The summed E-state index contributed by atoms with van der Waals surface area (Å²) < 4.78 is 5.60. The Hall–Kier alpha value is -0.570. The summed E-state index contributed by atoms with van der Waals surface area (Å²) in [6.45, 7) is 1.09. The molecule has 2 unspecified atom stereocenters. The van der Waals surface area contributed by atoms with E-state index in [0.29, 0.717) is 6.10 Å². The minimum Gasteiger partial charge on any atom is -0.396 e. The molecule has 0 radical (unpaired) electrons. The van der Waals surface area contributed by atoms with E-state index >= 15 is 0 Å². The summed E-state index contributed by atoms with van der Waals surface area (Å²) in [5.41, 5.74) is 1.16. The number of halogens is 1. The molecule has 0 amide bonds. The number of aliphatic hydroxyl groups is 1. The number of benzene rings is 1. The van der Waals surface area contributed by atoms with Crippen molar-refractivity contribution in [1.82, 2.24) is 0 Å². The van der Waals surface area contributed by atoms with Crippen LogP contribution in [0.1, 0.15) is 37.2 Å². The number of hydrogen-bond donors (Lipinski definition) is 1. The van der Waals surface area contributed by atoms with Crippen LogP contribution in [0.2, 0.25) is 5.02 Å². The molecule has 0 aromatic heterocycles. The molecule has 2 nitrogen and oxygen atoms in total. The molecule has 1 fully saturated rings. The normalized spacial score (nSPS) is 21.6. The molecule has 1 saturated heterocycles. The molecule has 2 atom stereocenters. The molecule has 0 aliphatic carbocycles. The van der Waals surface area contributed by atoms with Crippen molar-refractivity contribution in [3.63, 3.8) is 0 Å². The van der Waals surface area contributed by atoms with E-state index in [4.69, 9.17) is 16.3 Å². The maximum Gasteiger partial charge on any atom is 0.0576 e. The Kier molecular flexibility index (Phi) is 4.84. The first-order valence-electron chi connectivity index (χ1n) is 6.27. The Morgan fingerprint density at radius 2 is 2.12 bits per heavy atom. The summed E-state index contributed by atoms with van der Waals surface area (Å²) in [7, 11) is 0. The highest BCUT2D eigenvalue weighted by Crippen LogP contribution is 2.26. The minimum atomic E-state index is 0.189. The molecule has 1 aliphatic heterocycles. The van der Waals surface area contributed by atoms with E-state index in [2.05, 4.69) is 0 Å². The molecule has 1 heterocycles. The smallest absolute Gasteiger partial charge is 0.0576 e. The molecule has 0 saturated carbocycles. The van der Waals surface area contributed by atoms with Gasteiger partial charge in [-0.1, -0.05) is 23.7 Å². The van der Waals surface area contributed by atoms with Crippen molar-refractivity contribution in [2.45, 2.75) is 37.7 Å². The van der Waals surface area contributed by atoms with Crippen LogP contribution >= 0.6 is 11.6 Å². The minimum absolute atomic E-state index is 0.189. The first-order chi connectivity index (χ1) is 8.29. The highest BCUT2D eigenvalue weighted by Gasteiger charge is 2.18. The Balaban J connectivity index is 1.89. The predicted molar refractivity (Wildman–Crippen MR) is 69.5 cm³/mol. The Morgan fingerprint density at radius 3 is 2.71 bits per heavy atom. The lowest BCUT2D eigenvalue weighted by Gasteiger charge is -2.17. The largest absolute Gasteiger partial charge is 0.396 e. The molecule has 1 aromatic rings. The van der Waals surface area contributed by atoms with Crippen molar-refractivity contribution in [2.24, 2.45) is 0 Å². The van der Waals surface area contributed by atoms with Gasteiger partial charge in [0, 0.05) is 24.2 Å². The van der Waals surface area contributed by atoms with Crippen LogP contribution < -0.4 is 0 Å². The van der Waals surface area contributed by atoms with Crippen LogP contribution in [-0.2, 0) is 4.74 Å². The summed E-state index contributed by atoms with van der Waals surface area (Å²) in [4.78, 5) is 0. The fourth-order valence-corrected chi connectivity index (χ4v) is 2.48. The van der Waals surface area contributed by atoms with Gasteiger partial charge in [-0.25, -0.2) is 0 Å². The monoisotopic (exact) mass is 254 g/mol. The van der Waals surface area contributed by atoms with Crippen LogP contribution in [0, 0.1) is 0 Å². The second kappa shape index (κ2) is 6.39. The second-order valence-electron chi connectivity index (χ2n) is 4.64. The van der Waals surface area contributed by atoms with Crippen molar-refractivity contribution < 1.29 is 9.84 Å². The summed E-state index contributed by atoms with van der Waals surface area (Å²) in [6.07, 6.45) is 4.75. The number of aliphatic hydroxyl groups excluding tert-OH is 1. The third-order valence-corrected chi connectivity index (χ3v) is 3.67. The standard InChI is InChI=1S/C14H19ClO2/c15-13-6-3-11(4-7-13)12(10-16)5-8-14-2-1-9-17-14/h3-4,6-7,12,14,16H,1-2,5,8-10H2. The van der Waals surface area contributed by atoms with Crippen LogP contribution in [0.5, 0.6) is 0 Å². The molecule has 2 rings (SSSR count). The van der Waals surface area contributed by atoms with Gasteiger partial charge in [-0.3, -0.25) is 0 Å². The van der Waals surface area contributed by atoms with E-state index in [1.165, 1.54) is 12.8 Å². The zero-order valence-electron chi connectivity index (χ0n) is 9.94. The predicted octanol–water partition coefficient (Wildman–Crippen LogP) is 3.38. The van der Waals surface area contributed by atoms with E-state index in [-0.39, 0.29) is 12.5 Å². The van der Waals surface area contributed by atoms with Crippen molar-refractivity contribution >= 4 is 11.6 Å². The van der Waals surface area contributed by atoms with Crippen LogP contribution in [0.25, 0.3) is 0 Å². The molecular formula is C14H19ClO2. The summed E-state index contributed by atoms with van der Waals surface area (Å²) in [6, 6.07) is 7.76. The lowest BCUT2D eigenvalue weighted by molar-refractivity contribution is 0.0981. The third kappa shape index (κ3) is 3.70. The molecular weight excluding hydrogens is 236 g/mol. The van der Waals surface area contributed by atoms with Crippen molar-refractivity contribution in [3.05, 3.63) is 34.9 Å². The van der Waals surface area contributed by atoms with Gasteiger partial charge in [0.15, 0.2) is 0 Å². The Labute approximate surface area is 108 Å². The van der Waals surface area contributed by atoms with Gasteiger partial charge in [0.05, 0.1) is 6.10 Å². The Morgan fingerprint density at radius 1 is 1.35 bits per heavy atom. The average molecular weight is 255 g/mol. The molecule has 0 bridgehead atoms. The molecule has 0 spiro atoms. The van der Waals surface area contributed by atoms with Crippen LogP contribution in [0.15, 0.2) is 24.3 Å². The number of ether oxygens (including phenoxy) is 1. The van der Waals surface area contributed by atoms with Gasteiger partial charge in [-0.05, 0) is 43.4 Å². The van der Waals surface area contributed by atoms with E-state index in [0.717, 1.165) is 30.0 Å². The summed E-state index contributed by atoms with van der Waals surface area (Å²) >= 11 is 5.86.